The second kappa shape index (κ2) is 6.39. The van der Waals surface area contributed by atoms with Crippen LogP contribution in [0.3, 0.4) is 0 Å². The van der Waals surface area contributed by atoms with Crippen LogP contribution < -0.4 is 15.5 Å². The third kappa shape index (κ3) is 2.99. The van der Waals surface area contributed by atoms with Gasteiger partial charge in [-0.25, -0.2) is 4.79 Å². The first-order valence-electron chi connectivity index (χ1n) is 9.69. The average molecular weight is 363 g/mol. The number of fused-ring (bicyclic) bond motifs is 2. The number of rotatable bonds is 4. The maximum Gasteiger partial charge on any atom is 0.321 e. The Kier molecular flexibility index (Phi) is 4.04. The zero-order chi connectivity index (χ0) is 16.8. The van der Waals surface area contributed by atoms with E-state index >= 15 is 0 Å². The minimum atomic E-state index is -0.145. The van der Waals surface area contributed by atoms with Crippen molar-refractivity contribution in [3.05, 3.63) is 0 Å². The van der Waals surface area contributed by atoms with Crippen molar-refractivity contribution in [2.75, 3.05) is 23.3 Å². The van der Waals surface area contributed by atoms with Crippen LogP contribution >= 0.6 is 11.3 Å². The van der Waals surface area contributed by atoms with E-state index in [1.807, 2.05) is 0 Å². The van der Waals surface area contributed by atoms with Crippen molar-refractivity contribution in [3.8, 4) is 0 Å². The standard InChI is InChI=1S/C17H26N6OS/c24-15(18-11-4-1-2-5-11)19-16-20-21-17(25-16)23-10-13-8-14(23)9-22(13)12-6-3-7-12/h11-14H,1-10H2,(H2,18,19,20,24)/t13-,14-/m0/s1. The first-order chi connectivity index (χ1) is 12.3. The highest BCUT2D eigenvalue weighted by atomic mass is 32.1. The molecule has 0 unspecified atom stereocenters. The number of amides is 2. The zero-order valence-electron chi connectivity index (χ0n) is 14.5. The topological polar surface area (TPSA) is 73.4 Å². The number of carbonyl (C=O) groups excluding carboxylic acids is 1. The van der Waals surface area contributed by atoms with Gasteiger partial charge in [-0.05, 0) is 32.1 Å². The summed E-state index contributed by atoms with van der Waals surface area (Å²) in [6, 6.07) is 2.26. The lowest BCUT2D eigenvalue weighted by Crippen LogP contribution is -2.52. The minimum Gasteiger partial charge on any atom is -0.341 e. The van der Waals surface area contributed by atoms with Gasteiger partial charge in [0.25, 0.3) is 0 Å². The number of aromatic nitrogens is 2. The molecular formula is C17H26N6OS. The fourth-order valence-corrected chi connectivity index (χ4v) is 5.69. The summed E-state index contributed by atoms with van der Waals surface area (Å²) in [5.74, 6) is 0. The number of anilines is 2. The molecule has 4 aliphatic rings. The van der Waals surface area contributed by atoms with Gasteiger partial charge in [-0.1, -0.05) is 30.6 Å². The maximum absolute atomic E-state index is 12.1. The van der Waals surface area contributed by atoms with Gasteiger partial charge in [-0.15, -0.1) is 10.2 Å². The van der Waals surface area contributed by atoms with Crippen LogP contribution in [0.2, 0.25) is 0 Å². The van der Waals surface area contributed by atoms with Crippen molar-refractivity contribution in [3.63, 3.8) is 0 Å². The van der Waals surface area contributed by atoms with Crippen LogP contribution in [0.25, 0.3) is 0 Å². The van der Waals surface area contributed by atoms with Crippen LogP contribution in [-0.2, 0) is 0 Å². The molecule has 4 fully saturated rings. The van der Waals surface area contributed by atoms with Crippen molar-refractivity contribution < 1.29 is 4.79 Å². The molecule has 5 rings (SSSR count). The Labute approximate surface area is 152 Å². The zero-order valence-corrected chi connectivity index (χ0v) is 15.3. The van der Waals surface area contributed by atoms with Crippen molar-refractivity contribution in [1.29, 1.82) is 0 Å². The lowest BCUT2D eigenvalue weighted by atomic mass is 9.91. The molecule has 2 atom stereocenters. The molecule has 0 spiro atoms. The Balaban J connectivity index is 1.17. The summed E-state index contributed by atoms with van der Waals surface area (Å²) in [6.07, 6.45) is 10.0. The quantitative estimate of drug-likeness (QED) is 0.860. The summed E-state index contributed by atoms with van der Waals surface area (Å²) >= 11 is 1.50. The van der Waals surface area contributed by atoms with Crippen molar-refractivity contribution in [2.24, 2.45) is 0 Å². The van der Waals surface area contributed by atoms with E-state index in [2.05, 4.69) is 30.6 Å². The van der Waals surface area contributed by atoms with E-state index in [1.165, 1.54) is 56.4 Å². The fraction of sp³-hybridized carbons (Fsp3) is 0.824. The highest BCUT2D eigenvalue weighted by Crippen LogP contribution is 2.40. The predicted octanol–water partition coefficient (Wildman–Crippen LogP) is 2.42. The first-order valence-corrected chi connectivity index (χ1v) is 10.5. The Morgan fingerprint density at radius 1 is 1.00 bits per heavy atom. The molecule has 2 bridgehead atoms. The normalized spacial score (nSPS) is 30.0. The molecular weight excluding hydrogens is 336 g/mol. The molecule has 2 N–H and O–H groups in total. The number of hydrogen-bond donors (Lipinski definition) is 2. The molecule has 7 nitrogen and oxygen atoms in total. The summed E-state index contributed by atoms with van der Waals surface area (Å²) in [6.45, 7) is 2.23. The van der Waals surface area contributed by atoms with Crippen LogP contribution in [0.1, 0.15) is 51.4 Å². The third-order valence-corrected chi connectivity index (χ3v) is 7.27. The average Bonchev–Trinajstić information content (AvgIpc) is 3.28. The molecule has 136 valence electrons. The second-order valence-electron chi connectivity index (χ2n) is 7.95. The Bertz CT molecular complexity index is 641. The molecule has 3 heterocycles. The van der Waals surface area contributed by atoms with Crippen LogP contribution in [0.15, 0.2) is 0 Å². The lowest BCUT2D eigenvalue weighted by molar-refractivity contribution is 0.106. The summed E-state index contributed by atoms with van der Waals surface area (Å²) in [7, 11) is 0. The molecule has 25 heavy (non-hydrogen) atoms. The second-order valence-corrected chi connectivity index (χ2v) is 8.90. The highest BCUT2D eigenvalue weighted by Gasteiger charge is 2.47. The molecule has 1 aromatic heterocycles. The molecule has 2 saturated heterocycles. The van der Waals surface area contributed by atoms with Gasteiger partial charge in [0.2, 0.25) is 10.3 Å². The van der Waals surface area contributed by atoms with Gasteiger partial charge in [0.1, 0.15) is 0 Å². The smallest absolute Gasteiger partial charge is 0.321 e. The van der Waals surface area contributed by atoms with Gasteiger partial charge >= 0.3 is 6.03 Å². The van der Waals surface area contributed by atoms with E-state index in [4.69, 9.17) is 0 Å². The van der Waals surface area contributed by atoms with E-state index in [1.54, 1.807) is 0 Å². The summed E-state index contributed by atoms with van der Waals surface area (Å²) in [4.78, 5) is 17.2. The monoisotopic (exact) mass is 362 g/mol. The molecule has 0 radical (unpaired) electrons. The summed E-state index contributed by atoms with van der Waals surface area (Å²) < 4.78 is 0. The van der Waals surface area contributed by atoms with E-state index in [-0.39, 0.29) is 6.03 Å². The van der Waals surface area contributed by atoms with Gasteiger partial charge in [-0.2, -0.15) is 0 Å². The number of nitrogens with zero attached hydrogens (tertiary/aromatic N) is 4. The number of nitrogens with one attached hydrogen (secondary N) is 2. The maximum atomic E-state index is 12.1. The van der Waals surface area contributed by atoms with Gasteiger partial charge in [0.05, 0.1) is 0 Å². The Morgan fingerprint density at radius 2 is 1.84 bits per heavy atom. The number of hydrogen-bond acceptors (Lipinski definition) is 6. The van der Waals surface area contributed by atoms with Gasteiger partial charge in [0, 0.05) is 37.3 Å². The molecule has 8 heteroatoms. The lowest BCUT2D eigenvalue weighted by Gasteiger charge is -2.42. The fourth-order valence-electron chi connectivity index (χ4n) is 4.87. The largest absolute Gasteiger partial charge is 0.341 e. The minimum absolute atomic E-state index is 0.145. The molecule has 2 aliphatic heterocycles. The van der Waals surface area contributed by atoms with Crippen molar-refractivity contribution in [2.45, 2.75) is 75.5 Å². The van der Waals surface area contributed by atoms with Gasteiger partial charge < -0.3 is 10.2 Å². The number of piperazine rings is 1. The van der Waals surface area contributed by atoms with Crippen LogP contribution in [-0.4, -0.2) is 58.4 Å². The summed E-state index contributed by atoms with van der Waals surface area (Å²) in [5, 5.41) is 16.0. The summed E-state index contributed by atoms with van der Waals surface area (Å²) in [5.41, 5.74) is 0. The number of carbonyl (C=O) groups is 1. The molecule has 2 amide bonds. The predicted molar refractivity (Wildman–Crippen MR) is 98.2 cm³/mol. The van der Waals surface area contributed by atoms with Crippen molar-refractivity contribution >= 4 is 27.6 Å². The van der Waals surface area contributed by atoms with E-state index in [9.17, 15) is 4.79 Å². The van der Waals surface area contributed by atoms with Gasteiger partial charge in [0.15, 0.2) is 0 Å². The molecule has 2 aliphatic carbocycles. The number of urea groups is 1. The van der Waals surface area contributed by atoms with Crippen LogP contribution in [0.5, 0.6) is 0 Å². The highest BCUT2D eigenvalue weighted by molar-refractivity contribution is 7.19. The third-order valence-electron chi connectivity index (χ3n) is 6.40. The van der Waals surface area contributed by atoms with Gasteiger partial charge in [-0.3, -0.25) is 10.2 Å². The molecule has 2 saturated carbocycles. The Morgan fingerprint density at radius 3 is 2.52 bits per heavy atom. The Hall–Kier alpha value is -1.41. The molecule has 1 aromatic rings. The van der Waals surface area contributed by atoms with Crippen LogP contribution in [0, 0.1) is 0 Å². The molecule has 0 aromatic carbocycles. The van der Waals surface area contributed by atoms with E-state index in [0.717, 1.165) is 30.6 Å². The van der Waals surface area contributed by atoms with Crippen molar-refractivity contribution in [1.82, 2.24) is 20.4 Å². The SMILES string of the molecule is O=C(Nc1nnc(N2C[C@@H]3C[C@H]2CN3C2CCC2)s1)NC1CCCC1. The van der Waals surface area contributed by atoms with Crippen LogP contribution in [0.4, 0.5) is 15.1 Å². The van der Waals surface area contributed by atoms with E-state index in [0.29, 0.717) is 23.3 Å². The number of likely N-dealkylation sites (tertiary alicyclic amines) is 1. The first kappa shape index (κ1) is 15.8. The van der Waals surface area contributed by atoms with E-state index < -0.39 is 0 Å².